The van der Waals surface area contributed by atoms with Crippen LogP contribution >= 0.6 is 12.4 Å². The molecular weight excluding hydrogens is 252 g/mol. The number of carbonyl (C=O) groups excluding carboxylic acids is 1. The van der Waals surface area contributed by atoms with Crippen LogP contribution in [0.4, 0.5) is 5.69 Å². The quantitative estimate of drug-likeness (QED) is 0.772. The summed E-state index contributed by atoms with van der Waals surface area (Å²) in [5, 5.41) is 15.4. The number of nitrogens with one attached hydrogen (secondary N) is 2. The third-order valence-corrected chi connectivity index (χ3v) is 3.25. The van der Waals surface area contributed by atoms with E-state index in [-0.39, 0.29) is 29.5 Å². The molecule has 1 atom stereocenters. The lowest BCUT2D eigenvalue weighted by Crippen LogP contribution is -2.46. The van der Waals surface area contributed by atoms with Gasteiger partial charge in [0, 0.05) is 18.3 Å². The van der Waals surface area contributed by atoms with Gasteiger partial charge in [0.25, 0.3) is 0 Å². The molecule has 1 heterocycles. The van der Waals surface area contributed by atoms with Crippen molar-refractivity contribution in [2.45, 2.75) is 19.8 Å². The average Bonchev–Trinajstić information content (AvgIpc) is 2.30. The largest absolute Gasteiger partial charge is 0.508 e. The summed E-state index contributed by atoms with van der Waals surface area (Å²) in [5.74, 6) is 0.171. The van der Waals surface area contributed by atoms with Crippen LogP contribution in [0.3, 0.4) is 0 Å². The molecule has 0 aliphatic carbocycles. The summed E-state index contributed by atoms with van der Waals surface area (Å²) in [4.78, 5) is 12.2. The molecule has 1 aliphatic rings. The number of benzene rings is 1. The van der Waals surface area contributed by atoms with Crippen molar-refractivity contribution in [1.82, 2.24) is 5.32 Å². The third-order valence-electron chi connectivity index (χ3n) is 3.25. The molecular formula is C13H19ClN2O2. The molecule has 1 saturated heterocycles. The number of piperidine rings is 1. The molecule has 1 fully saturated rings. The lowest BCUT2D eigenvalue weighted by molar-refractivity contribution is -0.125. The molecule has 1 aromatic rings. The van der Waals surface area contributed by atoms with Gasteiger partial charge in [0.05, 0.1) is 5.41 Å². The van der Waals surface area contributed by atoms with Crippen molar-refractivity contribution in [3.05, 3.63) is 24.3 Å². The highest BCUT2D eigenvalue weighted by Crippen LogP contribution is 2.27. The molecule has 1 aromatic carbocycles. The van der Waals surface area contributed by atoms with Crippen LogP contribution in [0.5, 0.6) is 5.75 Å². The van der Waals surface area contributed by atoms with Crippen LogP contribution in [-0.2, 0) is 4.79 Å². The summed E-state index contributed by atoms with van der Waals surface area (Å²) in [7, 11) is 0. The van der Waals surface area contributed by atoms with E-state index in [0.717, 1.165) is 19.4 Å². The topological polar surface area (TPSA) is 61.4 Å². The van der Waals surface area contributed by atoms with E-state index in [2.05, 4.69) is 10.6 Å². The van der Waals surface area contributed by atoms with Crippen molar-refractivity contribution in [1.29, 1.82) is 0 Å². The van der Waals surface area contributed by atoms with Gasteiger partial charge in [-0.3, -0.25) is 4.79 Å². The van der Waals surface area contributed by atoms with E-state index >= 15 is 0 Å². The standard InChI is InChI=1S/C13H18N2O2.ClH/c1-13(6-3-7-14-9-13)12(17)15-10-4-2-5-11(16)8-10;/h2,4-5,8,14,16H,3,6-7,9H2,1H3,(H,15,17);1H. The van der Waals surface area contributed by atoms with Gasteiger partial charge in [-0.2, -0.15) is 0 Å². The van der Waals surface area contributed by atoms with Gasteiger partial charge in [0.15, 0.2) is 0 Å². The molecule has 18 heavy (non-hydrogen) atoms. The Morgan fingerprint density at radius 3 is 2.89 bits per heavy atom. The minimum Gasteiger partial charge on any atom is -0.508 e. The highest BCUT2D eigenvalue weighted by molar-refractivity contribution is 5.95. The van der Waals surface area contributed by atoms with Gasteiger partial charge in [-0.25, -0.2) is 0 Å². The number of anilines is 1. The first-order valence-corrected chi connectivity index (χ1v) is 5.91. The molecule has 5 heteroatoms. The molecule has 0 bridgehead atoms. The summed E-state index contributed by atoms with van der Waals surface area (Å²) < 4.78 is 0. The Bertz CT molecular complexity index is 417. The minimum atomic E-state index is -0.357. The molecule has 3 N–H and O–H groups in total. The Kier molecular flexibility index (Phi) is 4.99. The van der Waals surface area contributed by atoms with Gasteiger partial charge < -0.3 is 15.7 Å². The minimum absolute atomic E-state index is 0. The Labute approximate surface area is 113 Å². The number of halogens is 1. The lowest BCUT2D eigenvalue weighted by Gasteiger charge is -2.32. The van der Waals surface area contributed by atoms with E-state index in [9.17, 15) is 9.90 Å². The fourth-order valence-electron chi connectivity index (χ4n) is 2.12. The molecule has 1 aliphatic heterocycles. The third kappa shape index (κ3) is 3.37. The SMILES string of the molecule is CC1(C(=O)Nc2cccc(O)c2)CCCNC1.Cl. The van der Waals surface area contributed by atoms with E-state index in [1.165, 1.54) is 0 Å². The van der Waals surface area contributed by atoms with E-state index < -0.39 is 0 Å². The van der Waals surface area contributed by atoms with Crippen molar-refractivity contribution in [2.24, 2.45) is 5.41 Å². The fourth-order valence-corrected chi connectivity index (χ4v) is 2.12. The normalized spacial score (nSPS) is 22.9. The predicted molar refractivity (Wildman–Crippen MR) is 74.2 cm³/mol. The molecule has 100 valence electrons. The average molecular weight is 271 g/mol. The number of phenols is 1. The second-order valence-electron chi connectivity index (χ2n) is 4.85. The van der Waals surface area contributed by atoms with Crippen LogP contribution in [0, 0.1) is 5.41 Å². The number of hydrogen-bond donors (Lipinski definition) is 3. The van der Waals surface area contributed by atoms with Crippen molar-refractivity contribution in [3.8, 4) is 5.75 Å². The molecule has 0 spiro atoms. The molecule has 1 amide bonds. The fraction of sp³-hybridized carbons (Fsp3) is 0.462. The Morgan fingerprint density at radius 2 is 2.28 bits per heavy atom. The summed E-state index contributed by atoms with van der Waals surface area (Å²) >= 11 is 0. The summed E-state index contributed by atoms with van der Waals surface area (Å²) in [6, 6.07) is 6.63. The lowest BCUT2D eigenvalue weighted by atomic mass is 9.82. The maximum Gasteiger partial charge on any atom is 0.231 e. The second-order valence-corrected chi connectivity index (χ2v) is 4.85. The first kappa shape index (κ1) is 14.8. The first-order chi connectivity index (χ1) is 8.10. The van der Waals surface area contributed by atoms with E-state index in [1.54, 1.807) is 24.3 Å². The summed E-state index contributed by atoms with van der Waals surface area (Å²) in [6.45, 7) is 3.66. The van der Waals surface area contributed by atoms with E-state index in [1.807, 2.05) is 6.92 Å². The van der Waals surface area contributed by atoms with Gasteiger partial charge in [0.2, 0.25) is 5.91 Å². The smallest absolute Gasteiger partial charge is 0.231 e. The molecule has 4 nitrogen and oxygen atoms in total. The van der Waals surface area contributed by atoms with E-state index in [0.29, 0.717) is 12.2 Å². The number of rotatable bonds is 2. The predicted octanol–water partition coefficient (Wildman–Crippen LogP) is 2.14. The Hall–Kier alpha value is -1.26. The number of carbonyl (C=O) groups is 1. The molecule has 0 radical (unpaired) electrons. The van der Waals surface area contributed by atoms with Crippen LogP contribution in [0.15, 0.2) is 24.3 Å². The van der Waals surface area contributed by atoms with Crippen molar-refractivity contribution in [2.75, 3.05) is 18.4 Å². The Morgan fingerprint density at radius 1 is 1.50 bits per heavy atom. The Balaban J connectivity index is 0.00000162. The van der Waals surface area contributed by atoms with Crippen molar-refractivity contribution < 1.29 is 9.90 Å². The number of hydrogen-bond acceptors (Lipinski definition) is 3. The number of amides is 1. The van der Waals surface area contributed by atoms with Gasteiger partial charge in [-0.05, 0) is 38.4 Å². The molecule has 0 aromatic heterocycles. The maximum atomic E-state index is 12.2. The van der Waals surface area contributed by atoms with Crippen LogP contribution < -0.4 is 10.6 Å². The zero-order valence-corrected chi connectivity index (χ0v) is 11.2. The zero-order chi connectivity index (χ0) is 12.3. The van der Waals surface area contributed by atoms with Crippen molar-refractivity contribution >= 4 is 24.0 Å². The number of aromatic hydroxyl groups is 1. The first-order valence-electron chi connectivity index (χ1n) is 5.91. The summed E-state index contributed by atoms with van der Waals surface area (Å²) in [5.41, 5.74) is 0.283. The van der Waals surface area contributed by atoms with E-state index in [4.69, 9.17) is 0 Å². The van der Waals surface area contributed by atoms with Gasteiger partial charge >= 0.3 is 0 Å². The van der Waals surface area contributed by atoms with Crippen LogP contribution in [-0.4, -0.2) is 24.1 Å². The number of phenolic OH excluding ortho intramolecular Hbond substituents is 1. The van der Waals surface area contributed by atoms with Crippen molar-refractivity contribution in [3.63, 3.8) is 0 Å². The maximum absolute atomic E-state index is 12.2. The van der Waals surface area contributed by atoms with Crippen LogP contribution in [0.25, 0.3) is 0 Å². The second kappa shape index (κ2) is 6.07. The zero-order valence-electron chi connectivity index (χ0n) is 10.4. The van der Waals surface area contributed by atoms with Gasteiger partial charge in [-0.1, -0.05) is 6.07 Å². The highest BCUT2D eigenvalue weighted by Gasteiger charge is 2.34. The monoisotopic (exact) mass is 270 g/mol. The highest BCUT2D eigenvalue weighted by atomic mass is 35.5. The summed E-state index contributed by atoms with van der Waals surface area (Å²) in [6.07, 6.45) is 1.91. The molecule has 2 rings (SSSR count). The molecule has 1 unspecified atom stereocenters. The van der Waals surface area contributed by atoms with Gasteiger partial charge in [0.1, 0.15) is 5.75 Å². The van der Waals surface area contributed by atoms with Crippen LogP contribution in [0.2, 0.25) is 0 Å². The molecule has 0 saturated carbocycles. The van der Waals surface area contributed by atoms with Crippen LogP contribution in [0.1, 0.15) is 19.8 Å². The van der Waals surface area contributed by atoms with Gasteiger partial charge in [-0.15, -0.1) is 12.4 Å².